The third kappa shape index (κ3) is 3.93. The average molecular weight is 362 g/mol. The van der Waals surface area contributed by atoms with Gasteiger partial charge in [0.05, 0.1) is 37.0 Å². The molecule has 26 heavy (non-hydrogen) atoms. The molecule has 0 unspecified atom stereocenters. The number of methoxy groups -OCH3 is 1. The monoisotopic (exact) mass is 362 g/mol. The lowest BCUT2D eigenvalue weighted by Gasteiger charge is -2.17. The zero-order chi connectivity index (χ0) is 19.3. The number of hydrogen-bond acceptors (Lipinski definition) is 5. The Balaban J connectivity index is 2.68. The van der Waals surface area contributed by atoms with Crippen molar-refractivity contribution in [1.29, 1.82) is 0 Å². The van der Waals surface area contributed by atoms with Crippen molar-refractivity contribution in [2.75, 3.05) is 20.3 Å². The van der Waals surface area contributed by atoms with Crippen LogP contribution in [0.2, 0.25) is 0 Å². The molecule has 0 spiro atoms. The number of ether oxygens (including phenoxy) is 3. The number of hydrogen-bond donors (Lipinski definition) is 1. The number of carbonyl (C=O) groups excluding carboxylic acids is 1. The van der Waals surface area contributed by atoms with Gasteiger partial charge >= 0.3 is 11.9 Å². The Labute approximate surface area is 150 Å². The molecule has 2 rings (SSSR count). The molecule has 0 saturated heterocycles. The molecule has 0 radical (unpaired) electrons. The molecule has 138 valence electrons. The fourth-order valence-corrected chi connectivity index (χ4v) is 2.48. The molecule has 0 aromatic heterocycles. The molecule has 0 aliphatic carbocycles. The summed E-state index contributed by atoms with van der Waals surface area (Å²) in [5.74, 6) is -2.18. The highest BCUT2D eigenvalue weighted by atomic mass is 19.1. The van der Waals surface area contributed by atoms with Crippen LogP contribution in [-0.4, -0.2) is 37.4 Å². The van der Waals surface area contributed by atoms with E-state index in [0.717, 1.165) is 6.07 Å². The van der Waals surface area contributed by atoms with E-state index in [1.807, 2.05) is 0 Å². The number of halogens is 1. The minimum atomic E-state index is -1.13. The van der Waals surface area contributed by atoms with E-state index < -0.39 is 17.8 Å². The minimum absolute atomic E-state index is 0.00713. The SMILES string of the molecule is CCOc1cc(C(=O)O)cc(OCC)c1-c1ccc(C(=O)OC)c(F)c1. The van der Waals surface area contributed by atoms with Gasteiger partial charge in [-0.25, -0.2) is 14.0 Å². The first-order chi connectivity index (χ1) is 12.4. The summed E-state index contributed by atoms with van der Waals surface area (Å²) >= 11 is 0. The molecule has 0 bridgehead atoms. The molecule has 0 fully saturated rings. The highest BCUT2D eigenvalue weighted by Gasteiger charge is 2.20. The fraction of sp³-hybridized carbons (Fsp3) is 0.263. The molecule has 2 aromatic carbocycles. The van der Waals surface area contributed by atoms with Crippen molar-refractivity contribution in [3.8, 4) is 22.6 Å². The van der Waals surface area contributed by atoms with Crippen LogP contribution in [0.1, 0.15) is 34.6 Å². The lowest BCUT2D eigenvalue weighted by molar-refractivity contribution is 0.0594. The minimum Gasteiger partial charge on any atom is -0.493 e. The van der Waals surface area contributed by atoms with Crippen LogP contribution in [0.25, 0.3) is 11.1 Å². The van der Waals surface area contributed by atoms with Crippen LogP contribution in [0.15, 0.2) is 30.3 Å². The Morgan fingerprint density at radius 3 is 2.04 bits per heavy atom. The average Bonchev–Trinajstić information content (AvgIpc) is 2.61. The molecule has 0 saturated carbocycles. The van der Waals surface area contributed by atoms with Crippen molar-refractivity contribution in [2.24, 2.45) is 0 Å². The van der Waals surface area contributed by atoms with Crippen LogP contribution >= 0.6 is 0 Å². The second-order valence-electron chi connectivity index (χ2n) is 5.20. The molecule has 1 N–H and O–H groups in total. The zero-order valence-corrected chi connectivity index (χ0v) is 14.7. The molecule has 2 aromatic rings. The third-order valence-corrected chi connectivity index (χ3v) is 3.58. The van der Waals surface area contributed by atoms with Crippen molar-refractivity contribution in [3.05, 3.63) is 47.3 Å². The van der Waals surface area contributed by atoms with Crippen molar-refractivity contribution in [1.82, 2.24) is 0 Å². The van der Waals surface area contributed by atoms with Crippen LogP contribution in [0.5, 0.6) is 11.5 Å². The summed E-state index contributed by atoms with van der Waals surface area (Å²) in [6.45, 7) is 4.06. The molecular formula is C19H19FO6. The van der Waals surface area contributed by atoms with Gasteiger partial charge in [-0.2, -0.15) is 0 Å². The topological polar surface area (TPSA) is 82.1 Å². The molecule has 0 atom stereocenters. The van der Waals surface area contributed by atoms with Gasteiger partial charge in [-0.3, -0.25) is 0 Å². The summed E-state index contributed by atoms with van der Waals surface area (Å²) in [7, 11) is 1.17. The Morgan fingerprint density at radius 2 is 1.62 bits per heavy atom. The smallest absolute Gasteiger partial charge is 0.340 e. The second-order valence-corrected chi connectivity index (χ2v) is 5.20. The first kappa shape index (κ1) is 19.2. The summed E-state index contributed by atoms with van der Waals surface area (Å²) in [5.41, 5.74) is 0.592. The normalized spacial score (nSPS) is 10.3. The van der Waals surface area contributed by atoms with E-state index in [2.05, 4.69) is 4.74 Å². The summed E-state index contributed by atoms with van der Waals surface area (Å²) in [6.07, 6.45) is 0. The fourth-order valence-electron chi connectivity index (χ4n) is 2.48. The van der Waals surface area contributed by atoms with Gasteiger partial charge in [-0.05, 0) is 43.7 Å². The molecule has 0 heterocycles. The number of benzene rings is 2. The third-order valence-electron chi connectivity index (χ3n) is 3.58. The first-order valence-corrected chi connectivity index (χ1v) is 7.98. The number of esters is 1. The number of carboxylic acid groups (broad SMARTS) is 1. The van der Waals surface area contributed by atoms with Crippen molar-refractivity contribution in [3.63, 3.8) is 0 Å². The Hall–Kier alpha value is -3.09. The molecule has 0 aliphatic heterocycles. The van der Waals surface area contributed by atoms with Gasteiger partial charge in [0.2, 0.25) is 0 Å². The molecular weight excluding hydrogens is 343 g/mol. The van der Waals surface area contributed by atoms with Gasteiger partial charge in [-0.15, -0.1) is 0 Å². The predicted octanol–water partition coefficient (Wildman–Crippen LogP) is 3.77. The van der Waals surface area contributed by atoms with E-state index in [9.17, 15) is 19.1 Å². The van der Waals surface area contributed by atoms with E-state index in [1.54, 1.807) is 13.8 Å². The summed E-state index contributed by atoms with van der Waals surface area (Å²) in [6, 6.07) is 6.70. The Kier molecular flexibility index (Phi) is 6.16. The Bertz CT molecular complexity index is 804. The van der Waals surface area contributed by atoms with E-state index in [4.69, 9.17) is 9.47 Å². The summed E-state index contributed by atoms with van der Waals surface area (Å²) < 4.78 is 30.0. The molecule has 6 nitrogen and oxygen atoms in total. The van der Waals surface area contributed by atoms with Crippen LogP contribution in [0.3, 0.4) is 0 Å². The largest absolute Gasteiger partial charge is 0.493 e. The molecule has 7 heteroatoms. The molecule has 0 amide bonds. The zero-order valence-electron chi connectivity index (χ0n) is 14.7. The maximum atomic E-state index is 14.3. The maximum absolute atomic E-state index is 14.3. The van der Waals surface area contributed by atoms with Gasteiger partial charge < -0.3 is 19.3 Å². The molecule has 0 aliphatic rings. The lowest BCUT2D eigenvalue weighted by atomic mass is 9.99. The van der Waals surface area contributed by atoms with Gasteiger partial charge in [-0.1, -0.05) is 6.07 Å². The number of rotatable bonds is 7. The van der Waals surface area contributed by atoms with Crippen LogP contribution in [-0.2, 0) is 4.74 Å². The predicted molar refractivity (Wildman–Crippen MR) is 92.5 cm³/mol. The van der Waals surface area contributed by atoms with E-state index in [0.29, 0.717) is 11.1 Å². The summed E-state index contributed by atoms with van der Waals surface area (Å²) in [4.78, 5) is 22.9. The second kappa shape index (κ2) is 8.33. The van der Waals surface area contributed by atoms with Gasteiger partial charge in [0, 0.05) is 0 Å². The lowest BCUT2D eigenvalue weighted by Crippen LogP contribution is -2.06. The van der Waals surface area contributed by atoms with E-state index in [-0.39, 0.29) is 35.8 Å². The van der Waals surface area contributed by atoms with Gasteiger partial charge in [0.25, 0.3) is 0 Å². The summed E-state index contributed by atoms with van der Waals surface area (Å²) in [5, 5.41) is 9.28. The highest BCUT2D eigenvalue weighted by molar-refractivity contribution is 5.93. The highest BCUT2D eigenvalue weighted by Crippen LogP contribution is 2.40. The van der Waals surface area contributed by atoms with Crippen molar-refractivity contribution in [2.45, 2.75) is 13.8 Å². The number of carbonyl (C=O) groups is 2. The van der Waals surface area contributed by atoms with Crippen molar-refractivity contribution >= 4 is 11.9 Å². The number of aromatic carboxylic acids is 1. The van der Waals surface area contributed by atoms with Crippen LogP contribution < -0.4 is 9.47 Å². The van der Waals surface area contributed by atoms with Gasteiger partial charge in [0.1, 0.15) is 17.3 Å². The van der Waals surface area contributed by atoms with E-state index >= 15 is 0 Å². The van der Waals surface area contributed by atoms with Crippen molar-refractivity contribution < 1.29 is 33.3 Å². The van der Waals surface area contributed by atoms with Crippen LogP contribution in [0, 0.1) is 5.82 Å². The maximum Gasteiger partial charge on any atom is 0.340 e. The van der Waals surface area contributed by atoms with E-state index in [1.165, 1.54) is 31.4 Å². The Morgan fingerprint density at radius 1 is 1.04 bits per heavy atom. The first-order valence-electron chi connectivity index (χ1n) is 7.98. The van der Waals surface area contributed by atoms with Crippen LogP contribution in [0.4, 0.5) is 4.39 Å². The quantitative estimate of drug-likeness (QED) is 0.755. The standard InChI is InChI=1S/C19H19FO6/c1-4-25-15-9-12(18(21)22)10-16(26-5-2)17(15)11-6-7-13(14(20)8-11)19(23)24-3/h6-10H,4-5H2,1-3H3,(H,21,22). The van der Waals surface area contributed by atoms with Gasteiger partial charge in [0.15, 0.2) is 0 Å². The number of carboxylic acids is 1.